The lowest BCUT2D eigenvalue weighted by Crippen LogP contribution is -2.41. The van der Waals surface area contributed by atoms with Gasteiger partial charge in [0.05, 0.1) is 16.6 Å². The minimum absolute atomic E-state index is 0.0383. The number of halogens is 1. The number of nitrogens with one attached hydrogen (secondary N) is 1. The maximum absolute atomic E-state index is 11.1. The monoisotopic (exact) mass is 362 g/mol. The van der Waals surface area contributed by atoms with Crippen LogP contribution in [-0.4, -0.2) is 23.2 Å². The fourth-order valence-electron chi connectivity index (χ4n) is 2.07. The first kappa shape index (κ1) is 13.5. The zero-order valence-electron chi connectivity index (χ0n) is 10.3. The molecular weight excluding hydrogens is 347 g/mol. The molecule has 0 spiro atoms. The SMILES string of the molecule is CC1OCCC1(C)Nc1ccc(I)cc1[N+](=O)[O-]. The van der Waals surface area contributed by atoms with Crippen LogP contribution in [0.25, 0.3) is 0 Å². The second-order valence-corrected chi connectivity index (χ2v) is 5.97. The summed E-state index contributed by atoms with van der Waals surface area (Å²) in [5.41, 5.74) is 0.417. The Hall–Kier alpha value is -0.890. The molecule has 1 heterocycles. The van der Waals surface area contributed by atoms with Crippen molar-refractivity contribution in [3.63, 3.8) is 0 Å². The van der Waals surface area contributed by atoms with E-state index in [1.165, 1.54) is 0 Å². The van der Waals surface area contributed by atoms with Gasteiger partial charge in [0.15, 0.2) is 0 Å². The molecule has 0 radical (unpaired) electrons. The van der Waals surface area contributed by atoms with Gasteiger partial charge in [-0.1, -0.05) is 0 Å². The molecule has 0 bridgehead atoms. The molecule has 1 saturated heterocycles. The summed E-state index contributed by atoms with van der Waals surface area (Å²) in [7, 11) is 0. The fraction of sp³-hybridized carbons (Fsp3) is 0.500. The Balaban J connectivity index is 2.31. The maximum atomic E-state index is 11.1. The molecule has 98 valence electrons. The van der Waals surface area contributed by atoms with Crippen molar-refractivity contribution in [1.29, 1.82) is 0 Å². The predicted molar refractivity (Wildman–Crippen MR) is 77.9 cm³/mol. The molecule has 1 N–H and O–H groups in total. The highest BCUT2D eigenvalue weighted by molar-refractivity contribution is 14.1. The number of hydrogen-bond acceptors (Lipinski definition) is 4. The highest BCUT2D eigenvalue weighted by Crippen LogP contribution is 2.34. The number of benzene rings is 1. The molecule has 6 heteroatoms. The van der Waals surface area contributed by atoms with Gasteiger partial charge in [0.1, 0.15) is 5.69 Å². The Bertz CT molecular complexity index is 480. The van der Waals surface area contributed by atoms with Crippen LogP contribution in [0.2, 0.25) is 0 Å². The highest BCUT2D eigenvalue weighted by atomic mass is 127. The molecule has 1 fully saturated rings. The van der Waals surface area contributed by atoms with E-state index in [2.05, 4.69) is 27.9 Å². The summed E-state index contributed by atoms with van der Waals surface area (Å²) >= 11 is 2.07. The van der Waals surface area contributed by atoms with E-state index in [1.54, 1.807) is 12.1 Å². The molecule has 1 aliphatic rings. The number of anilines is 1. The molecular formula is C12H15IN2O3. The van der Waals surface area contributed by atoms with Crippen molar-refractivity contribution in [1.82, 2.24) is 0 Å². The average molecular weight is 362 g/mol. The van der Waals surface area contributed by atoms with Crippen LogP contribution >= 0.6 is 22.6 Å². The number of hydrogen-bond donors (Lipinski definition) is 1. The normalized spacial score (nSPS) is 27.2. The minimum Gasteiger partial charge on any atom is -0.376 e. The van der Waals surface area contributed by atoms with Crippen LogP contribution in [0, 0.1) is 13.7 Å². The summed E-state index contributed by atoms with van der Waals surface area (Å²) in [4.78, 5) is 10.7. The molecule has 1 aromatic carbocycles. The second kappa shape index (κ2) is 5.00. The van der Waals surface area contributed by atoms with Crippen LogP contribution in [0.4, 0.5) is 11.4 Å². The standard InChI is InChI=1S/C12H15IN2O3/c1-8-12(2,5-6-18-8)14-10-4-3-9(13)7-11(10)15(16)17/h3-4,7-8,14H,5-6H2,1-2H3. The van der Waals surface area contributed by atoms with Gasteiger partial charge < -0.3 is 10.1 Å². The topological polar surface area (TPSA) is 64.4 Å². The van der Waals surface area contributed by atoms with Crippen molar-refractivity contribution < 1.29 is 9.66 Å². The van der Waals surface area contributed by atoms with Crippen LogP contribution < -0.4 is 5.32 Å². The van der Waals surface area contributed by atoms with Gasteiger partial charge in [0, 0.05) is 16.2 Å². The van der Waals surface area contributed by atoms with Crippen LogP contribution in [0.15, 0.2) is 18.2 Å². The van der Waals surface area contributed by atoms with E-state index < -0.39 is 0 Å². The first-order chi connectivity index (χ1) is 8.42. The number of nitro groups is 1. The molecule has 2 unspecified atom stereocenters. The Kier molecular flexibility index (Phi) is 3.76. The number of nitro benzene ring substituents is 1. The zero-order valence-corrected chi connectivity index (χ0v) is 12.4. The van der Waals surface area contributed by atoms with Gasteiger partial charge in [-0.25, -0.2) is 0 Å². The van der Waals surface area contributed by atoms with E-state index in [0.29, 0.717) is 12.3 Å². The summed E-state index contributed by atoms with van der Waals surface area (Å²) in [6.45, 7) is 4.70. The van der Waals surface area contributed by atoms with Crippen LogP contribution in [0.1, 0.15) is 20.3 Å². The summed E-state index contributed by atoms with van der Waals surface area (Å²) in [5, 5.41) is 14.3. The Morgan fingerprint density at radius 3 is 2.89 bits per heavy atom. The quantitative estimate of drug-likeness (QED) is 0.510. The molecule has 1 aromatic rings. The lowest BCUT2D eigenvalue weighted by Gasteiger charge is -2.29. The third kappa shape index (κ3) is 2.59. The summed E-state index contributed by atoms with van der Waals surface area (Å²) in [6, 6.07) is 5.20. The molecule has 0 aliphatic carbocycles. The van der Waals surface area contributed by atoms with E-state index in [0.717, 1.165) is 9.99 Å². The van der Waals surface area contributed by atoms with E-state index in [1.807, 2.05) is 19.9 Å². The van der Waals surface area contributed by atoms with Crippen molar-refractivity contribution in [2.45, 2.75) is 31.9 Å². The molecule has 2 rings (SSSR count). The minimum atomic E-state index is -0.353. The molecule has 0 amide bonds. The Morgan fingerprint density at radius 1 is 1.61 bits per heavy atom. The van der Waals surface area contributed by atoms with Gasteiger partial charge in [0.2, 0.25) is 0 Å². The molecule has 1 aliphatic heterocycles. The first-order valence-corrected chi connectivity index (χ1v) is 6.84. The molecule has 0 saturated carbocycles. The van der Waals surface area contributed by atoms with Gasteiger partial charge in [-0.2, -0.15) is 0 Å². The van der Waals surface area contributed by atoms with Gasteiger partial charge in [-0.15, -0.1) is 0 Å². The van der Waals surface area contributed by atoms with Crippen molar-refractivity contribution in [2.75, 3.05) is 11.9 Å². The molecule has 18 heavy (non-hydrogen) atoms. The van der Waals surface area contributed by atoms with Gasteiger partial charge in [-0.05, 0) is 55.0 Å². The largest absolute Gasteiger partial charge is 0.376 e. The third-order valence-corrected chi connectivity index (χ3v) is 4.13. The summed E-state index contributed by atoms with van der Waals surface area (Å²) < 4.78 is 6.38. The van der Waals surface area contributed by atoms with Gasteiger partial charge in [0.25, 0.3) is 5.69 Å². The van der Waals surface area contributed by atoms with Gasteiger partial charge in [-0.3, -0.25) is 10.1 Å². The zero-order chi connectivity index (χ0) is 13.3. The summed E-state index contributed by atoms with van der Waals surface area (Å²) in [5.74, 6) is 0. The van der Waals surface area contributed by atoms with Crippen molar-refractivity contribution in [3.8, 4) is 0 Å². The van der Waals surface area contributed by atoms with Crippen molar-refractivity contribution >= 4 is 34.0 Å². The van der Waals surface area contributed by atoms with E-state index in [9.17, 15) is 10.1 Å². The van der Waals surface area contributed by atoms with Crippen molar-refractivity contribution in [2.24, 2.45) is 0 Å². The molecule has 5 nitrogen and oxygen atoms in total. The highest BCUT2D eigenvalue weighted by Gasteiger charge is 2.38. The van der Waals surface area contributed by atoms with Crippen LogP contribution in [0.5, 0.6) is 0 Å². The Morgan fingerprint density at radius 2 is 2.33 bits per heavy atom. The fourth-order valence-corrected chi connectivity index (χ4v) is 2.54. The number of ether oxygens (including phenoxy) is 1. The van der Waals surface area contributed by atoms with E-state index >= 15 is 0 Å². The molecule has 0 aromatic heterocycles. The smallest absolute Gasteiger partial charge is 0.293 e. The third-order valence-electron chi connectivity index (χ3n) is 3.46. The predicted octanol–water partition coefficient (Wildman–Crippen LogP) is 3.18. The van der Waals surface area contributed by atoms with Crippen LogP contribution in [-0.2, 0) is 4.74 Å². The van der Waals surface area contributed by atoms with Crippen LogP contribution in [0.3, 0.4) is 0 Å². The van der Waals surface area contributed by atoms with E-state index in [-0.39, 0.29) is 22.3 Å². The average Bonchev–Trinajstić information content (AvgIpc) is 2.61. The number of rotatable bonds is 3. The van der Waals surface area contributed by atoms with Gasteiger partial charge >= 0.3 is 0 Å². The lowest BCUT2D eigenvalue weighted by atomic mass is 9.94. The first-order valence-electron chi connectivity index (χ1n) is 5.76. The maximum Gasteiger partial charge on any atom is 0.293 e. The number of nitrogens with zero attached hydrogens (tertiary/aromatic N) is 1. The van der Waals surface area contributed by atoms with E-state index in [4.69, 9.17) is 4.74 Å². The molecule has 2 atom stereocenters. The second-order valence-electron chi connectivity index (χ2n) is 4.72. The lowest BCUT2D eigenvalue weighted by molar-refractivity contribution is -0.384. The Labute approximate surface area is 119 Å². The summed E-state index contributed by atoms with van der Waals surface area (Å²) in [6.07, 6.45) is 0.883. The van der Waals surface area contributed by atoms with Crippen molar-refractivity contribution in [3.05, 3.63) is 31.9 Å².